The number of hydrogen-bond acceptors (Lipinski definition) is 10. The quantitative estimate of drug-likeness (QED) is 0.115. The van der Waals surface area contributed by atoms with E-state index >= 15 is 4.39 Å². The molecule has 5 N–H and O–H groups in total. The van der Waals surface area contributed by atoms with Gasteiger partial charge in [-0.1, -0.05) is 17.3 Å². The van der Waals surface area contributed by atoms with Crippen LogP contribution in [0.3, 0.4) is 0 Å². The molecule has 1 unspecified atom stereocenters. The van der Waals surface area contributed by atoms with Crippen molar-refractivity contribution in [3.63, 3.8) is 0 Å². The lowest BCUT2D eigenvalue weighted by Crippen LogP contribution is -2.35. The van der Waals surface area contributed by atoms with Crippen molar-refractivity contribution in [2.45, 2.75) is 57.1 Å². The lowest BCUT2D eigenvalue weighted by Gasteiger charge is -2.33. The van der Waals surface area contributed by atoms with E-state index in [1.165, 1.54) is 12.1 Å². The summed E-state index contributed by atoms with van der Waals surface area (Å²) >= 11 is 0. The summed E-state index contributed by atoms with van der Waals surface area (Å²) in [6, 6.07) is 11.5. The number of piperidine rings is 1. The first-order valence-electron chi connectivity index (χ1n) is 14.9. The number of nitrogens with zero attached hydrogens (tertiary/aromatic N) is 6. The number of carbonyl (C=O) groups is 1. The van der Waals surface area contributed by atoms with E-state index in [0.29, 0.717) is 35.8 Å². The van der Waals surface area contributed by atoms with E-state index in [2.05, 4.69) is 24.8 Å². The molecule has 0 spiro atoms. The van der Waals surface area contributed by atoms with Gasteiger partial charge in [-0.2, -0.15) is 0 Å². The smallest absolute Gasteiger partial charge is 0.278 e. The van der Waals surface area contributed by atoms with Gasteiger partial charge in [0.2, 0.25) is 5.91 Å². The van der Waals surface area contributed by atoms with Gasteiger partial charge in [0.1, 0.15) is 22.9 Å². The zero-order valence-corrected chi connectivity index (χ0v) is 24.6. The number of hydrogen-bond donors (Lipinski definition) is 3. The number of halogens is 1. The van der Waals surface area contributed by atoms with Gasteiger partial charge in [0.05, 0.1) is 24.8 Å². The molecule has 14 heteroatoms. The molecule has 5 heterocycles. The van der Waals surface area contributed by atoms with Crippen molar-refractivity contribution in [3.8, 4) is 11.5 Å². The lowest BCUT2D eigenvalue weighted by atomic mass is 9.88. The molecule has 7 rings (SSSR count). The molecule has 45 heavy (non-hydrogen) atoms. The molecule has 2 fully saturated rings. The van der Waals surface area contributed by atoms with Crippen molar-refractivity contribution < 1.29 is 28.6 Å². The van der Waals surface area contributed by atoms with Crippen LogP contribution < -0.4 is 20.9 Å². The second-order valence-electron chi connectivity index (χ2n) is 11.8. The molecule has 3 aliphatic heterocycles. The molecule has 3 aliphatic rings. The second kappa shape index (κ2) is 11.3. The summed E-state index contributed by atoms with van der Waals surface area (Å²) in [4.78, 5) is 18.7. The maximum atomic E-state index is 15.1. The number of ether oxygens (including phenoxy) is 3. The number of amidine groups is 1. The number of para-hydroxylation sites is 1. The summed E-state index contributed by atoms with van der Waals surface area (Å²) in [6.07, 6.45) is 2.81. The predicted molar refractivity (Wildman–Crippen MR) is 159 cm³/mol. The van der Waals surface area contributed by atoms with E-state index in [-0.39, 0.29) is 34.7 Å². The van der Waals surface area contributed by atoms with Crippen molar-refractivity contribution in [1.82, 2.24) is 24.6 Å². The van der Waals surface area contributed by atoms with Gasteiger partial charge in [-0.25, -0.2) is 9.37 Å². The van der Waals surface area contributed by atoms with Crippen LogP contribution in [0.25, 0.3) is 11.2 Å². The van der Waals surface area contributed by atoms with Gasteiger partial charge in [-0.15, -0.1) is 10.2 Å². The van der Waals surface area contributed by atoms with Crippen LogP contribution in [0.15, 0.2) is 47.6 Å². The number of rotatable bonds is 8. The highest BCUT2D eigenvalue weighted by atomic mass is 19.1. The summed E-state index contributed by atoms with van der Waals surface area (Å²) in [6.45, 7) is 5.28. The fourth-order valence-electron chi connectivity index (χ4n) is 6.31. The molecule has 2 aromatic carbocycles. The second-order valence-corrected chi connectivity index (χ2v) is 11.8. The molecule has 234 valence electrons. The van der Waals surface area contributed by atoms with E-state index in [0.717, 1.165) is 56.4 Å². The van der Waals surface area contributed by atoms with E-state index in [9.17, 15) is 4.79 Å². The Kier molecular flexibility index (Phi) is 7.25. The highest BCUT2D eigenvalue weighted by molar-refractivity contribution is 5.97. The fraction of sp³-hybridized carbons (Fsp3) is 0.387. The van der Waals surface area contributed by atoms with Gasteiger partial charge in [0.25, 0.3) is 5.79 Å². The van der Waals surface area contributed by atoms with E-state index in [1.54, 1.807) is 13.0 Å². The zero-order valence-electron chi connectivity index (χ0n) is 24.6. The number of carbonyl (C=O) groups excluding carboxylic acids is 1. The number of oxime groups is 1. The number of primary amides is 1. The number of aromatic nitrogens is 4. The number of amides is 1. The zero-order chi connectivity index (χ0) is 31.3. The first-order chi connectivity index (χ1) is 21.7. The summed E-state index contributed by atoms with van der Waals surface area (Å²) in [5.74, 6) is -0.630. The molecule has 1 amide bonds. The number of benzene rings is 2. The fourth-order valence-corrected chi connectivity index (χ4v) is 6.31. The minimum atomic E-state index is -1.39. The Morgan fingerprint density at radius 1 is 1.13 bits per heavy atom. The van der Waals surface area contributed by atoms with E-state index < -0.39 is 17.5 Å². The van der Waals surface area contributed by atoms with Crippen LogP contribution in [-0.4, -0.2) is 67.4 Å². The summed E-state index contributed by atoms with van der Waals surface area (Å²) in [7, 11) is 0. The summed E-state index contributed by atoms with van der Waals surface area (Å²) in [5.41, 5.74) is 13.8. The summed E-state index contributed by atoms with van der Waals surface area (Å²) < 4.78 is 35.3. The molecular weight excluding hydrogens is 583 g/mol. The molecular formula is C31H33FN8O5. The van der Waals surface area contributed by atoms with E-state index in [4.69, 9.17) is 35.9 Å². The topological polar surface area (TPSA) is 176 Å². The third-order valence-corrected chi connectivity index (χ3v) is 8.87. The molecule has 0 radical (unpaired) electrons. The molecule has 4 aromatic rings. The normalized spacial score (nSPS) is 22.1. The average Bonchev–Trinajstić information content (AvgIpc) is 3.54. The van der Waals surface area contributed by atoms with Gasteiger partial charge in [-0.05, 0) is 68.6 Å². The van der Waals surface area contributed by atoms with Crippen molar-refractivity contribution in [2.24, 2.45) is 16.6 Å². The highest BCUT2D eigenvalue weighted by Crippen LogP contribution is 2.49. The summed E-state index contributed by atoms with van der Waals surface area (Å²) in [5, 5.41) is 20.6. The Balaban J connectivity index is 1.07. The number of likely N-dealkylation sites (tertiary alicyclic amines) is 1. The highest BCUT2D eigenvalue weighted by Gasteiger charge is 2.43. The Labute approximate surface area is 257 Å². The largest absolute Gasteiger partial charge is 0.444 e. The van der Waals surface area contributed by atoms with Gasteiger partial charge < -0.3 is 35.5 Å². The standard InChI is InChI=1S/C31H33FN8O5/c1-31(21-6-5-18(29(34)41)13-22(21)32)44-25-4-2-3-20(27(25)45-31)17-7-10-39(11-8-17)16-26-35-24-14-23(28(33)38-42)36-37-30(24)40(26)15-19-9-12-43-19/h2-6,13-14,17,19,42H,7-12,15-16H2,1H3,(H2,33,38)(H2,34,41)/t19-,31?/m0/s1. The van der Waals surface area contributed by atoms with Crippen molar-refractivity contribution in [1.29, 1.82) is 0 Å². The molecule has 13 nitrogen and oxygen atoms in total. The minimum Gasteiger partial charge on any atom is -0.444 e. The monoisotopic (exact) mass is 616 g/mol. The molecule has 0 bridgehead atoms. The number of imidazole rings is 1. The molecule has 0 saturated carbocycles. The Bertz CT molecular complexity index is 1820. The van der Waals surface area contributed by atoms with Crippen LogP contribution in [0.5, 0.6) is 11.5 Å². The lowest BCUT2D eigenvalue weighted by molar-refractivity contribution is -0.0712. The van der Waals surface area contributed by atoms with Gasteiger partial charge in [-0.3, -0.25) is 9.69 Å². The molecule has 2 atom stereocenters. The maximum absolute atomic E-state index is 15.1. The number of fused-ring (bicyclic) bond motifs is 2. The SMILES string of the molecule is CC1(c2ccc(C(N)=O)cc2F)Oc2cccc(C3CCN(Cc4nc5cc(C(N)=NO)nnc5n4C[C@@H]4CCO4)CC3)c2O1. The number of nitrogens with two attached hydrogens (primary N) is 2. The average molecular weight is 617 g/mol. The van der Waals surface area contributed by atoms with Gasteiger partial charge >= 0.3 is 0 Å². The van der Waals surface area contributed by atoms with Crippen LogP contribution in [0, 0.1) is 5.82 Å². The molecule has 0 aliphatic carbocycles. The van der Waals surface area contributed by atoms with Crippen molar-refractivity contribution in [3.05, 3.63) is 76.5 Å². The Morgan fingerprint density at radius 3 is 2.62 bits per heavy atom. The van der Waals surface area contributed by atoms with Crippen LogP contribution in [-0.2, 0) is 23.6 Å². The third kappa shape index (κ3) is 5.29. The molecule has 2 saturated heterocycles. The minimum absolute atomic E-state index is 0.0771. The van der Waals surface area contributed by atoms with Crippen LogP contribution >= 0.6 is 0 Å². The van der Waals surface area contributed by atoms with Gasteiger partial charge in [0, 0.05) is 24.7 Å². The Hall–Kier alpha value is -4.82. The molecule has 2 aromatic heterocycles. The van der Waals surface area contributed by atoms with Crippen LogP contribution in [0.1, 0.15) is 65.1 Å². The van der Waals surface area contributed by atoms with Crippen LogP contribution in [0.2, 0.25) is 0 Å². The van der Waals surface area contributed by atoms with E-state index in [1.807, 2.05) is 18.2 Å². The first kappa shape index (κ1) is 28.9. The van der Waals surface area contributed by atoms with Crippen LogP contribution in [0.4, 0.5) is 4.39 Å². The Morgan fingerprint density at radius 2 is 1.93 bits per heavy atom. The van der Waals surface area contributed by atoms with Crippen molar-refractivity contribution in [2.75, 3.05) is 19.7 Å². The van der Waals surface area contributed by atoms with Crippen molar-refractivity contribution >= 4 is 22.9 Å². The predicted octanol–water partition coefficient (Wildman–Crippen LogP) is 2.97. The first-order valence-corrected chi connectivity index (χ1v) is 14.9. The maximum Gasteiger partial charge on any atom is 0.278 e. The third-order valence-electron chi connectivity index (χ3n) is 8.87. The van der Waals surface area contributed by atoms with Gasteiger partial charge in [0.15, 0.2) is 23.0 Å².